The first-order valence-electron chi connectivity index (χ1n) is 13.9. The molecule has 0 unspecified atom stereocenters. The average Bonchev–Trinajstić information content (AvgIpc) is 2.91. The molecule has 0 radical (unpaired) electrons. The van der Waals surface area contributed by atoms with Gasteiger partial charge in [-0.3, -0.25) is 13.9 Å². The largest absolute Gasteiger partial charge is 0.354 e. The molecular weight excluding hydrogens is 593 g/mol. The fraction of sp³-hybridized carbons (Fsp3) is 0.375. The molecule has 3 rings (SSSR count). The minimum absolute atomic E-state index is 0.00624. The van der Waals surface area contributed by atoms with Gasteiger partial charge in [0.15, 0.2) is 0 Å². The standard InChI is InChI=1S/C32H39Cl2N3O4S/c1-7-30(32(39)35-18-21(2)3)36(19-25-10-11-26(33)17-29(25)34)31(38)20-37(27-15-23(5)14-24(6)16-27)42(40,41)28-12-8-22(4)9-13-28/h8-17,21,30H,7,18-20H2,1-6H3,(H,35,39)/t30-/m1/s1. The van der Waals surface area contributed by atoms with Gasteiger partial charge in [0.05, 0.1) is 10.6 Å². The lowest BCUT2D eigenvalue weighted by atomic mass is 10.1. The SMILES string of the molecule is CC[C@H](C(=O)NCC(C)C)N(Cc1ccc(Cl)cc1Cl)C(=O)CN(c1cc(C)cc(C)c1)S(=O)(=O)c1ccc(C)cc1. The lowest BCUT2D eigenvalue weighted by Crippen LogP contribution is -2.52. The summed E-state index contributed by atoms with van der Waals surface area (Å²) in [5.74, 6) is -0.646. The highest BCUT2D eigenvalue weighted by atomic mass is 35.5. The molecule has 42 heavy (non-hydrogen) atoms. The number of nitrogens with one attached hydrogen (secondary N) is 1. The Labute approximate surface area is 259 Å². The van der Waals surface area contributed by atoms with E-state index >= 15 is 0 Å². The summed E-state index contributed by atoms with van der Waals surface area (Å²) in [7, 11) is -4.15. The summed E-state index contributed by atoms with van der Waals surface area (Å²) in [5, 5.41) is 3.70. The van der Waals surface area contributed by atoms with Crippen molar-refractivity contribution >= 4 is 50.7 Å². The predicted octanol–water partition coefficient (Wildman–Crippen LogP) is 6.69. The lowest BCUT2D eigenvalue weighted by molar-refractivity contribution is -0.140. The van der Waals surface area contributed by atoms with Gasteiger partial charge >= 0.3 is 0 Å². The van der Waals surface area contributed by atoms with Crippen LogP contribution in [0.15, 0.2) is 65.6 Å². The lowest BCUT2D eigenvalue weighted by Gasteiger charge is -2.33. The van der Waals surface area contributed by atoms with Crippen LogP contribution in [0.5, 0.6) is 0 Å². The quantitative estimate of drug-likeness (QED) is 0.241. The Bertz CT molecular complexity index is 1500. The smallest absolute Gasteiger partial charge is 0.264 e. The van der Waals surface area contributed by atoms with Crippen molar-refractivity contribution in [1.29, 1.82) is 0 Å². The minimum atomic E-state index is -4.15. The van der Waals surface area contributed by atoms with Gasteiger partial charge in [-0.2, -0.15) is 0 Å². The van der Waals surface area contributed by atoms with Crippen molar-refractivity contribution in [2.45, 2.75) is 65.4 Å². The van der Waals surface area contributed by atoms with Gasteiger partial charge in [-0.05, 0) is 86.2 Å². The summed E-state index contributed by atoms with van der Waals surface area (Å²) in [6, 6.07) is 16.0. The molecule has 3 aromatic rings. The zero-order chi connectivity index (χ0) is 31.2. The van der Waals surface area contributed by atoms with Gasteiger partial charge in [0.2, 0.25) is 11.8 Å². The van der Waals surface area contributed by atoms with E-state index in [0.717, 1.165) is 21.0 Å². The number of anilines is 1. The Kier molecular flexibility index (Phi) is 11.5. The minimum Gasteiger partial charge on any atom is -0.354 e. The van der Waals surface area contributed by atoms with Gasteiger partial charge in [0, 0.05) is 23.1 Å². The number of carbonyl (C=O) groups excluding carboxylic acids is 2. The highest BCUT2D eigenvalue weighted by Gasteiger charge is 2.34. The molecule has 0 bridgehead atoms. The van der Waals surface area contributed by atoms with E-state index in [-0.39, 0.29) is 23.3 Å². The Morgan fingerprint density at radius 2 is 1.50 bits per heavy atom. The highest BCUT2D eigenvalue weighted by molar-refractivity contribution is 7.92. The second-order valence-corrected chi connectivity index (χ2v) is 13.7. The molecule has 226 valence electrons. The summed E-state index contributed by atoms with van der Waals surface area (Å²) < 4.78 is 29.3. The van der Waals surface area contributed by atoms with Gasteiger partial charge in [0.1, 0.15) is 12.6 Å². The van der Waals surface area contributed by atoms with Crippen molar-refractivity contribution < 1.29 is 18.0 Å². The summed E-state index contributed by atoms with van der Waals surface area (Å²) in [5.41, 5.74) is 3.57. The topological polar surface area (TPSA) is 86.8 Å². The number of benzene rings is 3. The Hall–Kier alpha value is -3.07. The van der Waals surface area contributed by atoms with Gasteiger partial charge < -0.3 is 10.2 Å². The van der Waals surface area contributed by atoms with Crippen LogP contribution in [0.4, 0.5) is 5.69 Å². The number of hydrogen-bond acceptors (Lipinski definition) is 4. The number of amides is 2. The van der Waals surface area contributed by atoms with E-state index < -0.39 is 28.5 Å². The number of sulfonamides is 1. The zero-order valence-corrected chi connectivity index (χ0v) is 27.3. The molecule has 2 amide bonds. The molecule has 0 aliphatic heterocycles. The molecule has 0 saturated carbocycles. The molecule has 0 aliphatic rings. The van der Waals surface area contributed by atoms with Gasteiger partial charge in [-0.15, -0.1) is 0 Å². The van der Waals surface area contributed by atoms with Crippen LogP contribution in [0.25, 0.3) is 0 Å². The third-order valence-corrected chi connectivity index (χ3v) is 9.18. The first-order chi connectivity index (χ1) is 19.7. The molecule has 3 aromatic carbocycles. The van der Waals surface area contributed by atoms with Crippen LogP contribution in [0.2, 0.25) is 10.0 Å². The maximum Gasteiger partial charge on any atom is 0.264 e. The van der Waals surface area contributed by atoms with Gasteiger partial charge in [-0.1, -0.05) is 73.8 Å². The van der Waals surface area contributed by atoms with Gasteiger partial charge in [-0.25, -0.2) is 8.42 Å². The fourth-order valence-electron chi connectivity index (χ4n) is 4.64. The maximum absolute atomic E-state index is 14.2. The van der Waals surface area contributed by atoms with Crippen LogP contribution >= 0.6 is 23.2 Å². The number of nitrogens with zero attached hydrogens (tertiary/aromatic N) is 2. The Morgan fingerprint density at radius 3 is 2.05 bits per heavy atom. The summed E-state index contributed by atoms with van der Waals surface area (Å²) in [4.78, 5) is 29.1. The van der Waals surface area contributed by atoms with Crippen LogP contribution in [-0.2, 0) is 26.2 Å². The van der Waals surface area contributed by atoms with E-state index in [2.05, 4.69) is 5.32 Å². The van der Waals surface area contributed by atoms with E-state index in [0.29, 0.717) is 34.3 Å². The number of rotatable bonds is 12. The second kappa shape index (κ2) is 14.4. The fourth-order valence-corrected chi connectivity index (χ4v) is 6.50. The second-order valence-electron chi connectivity index (χ2n) is 11.0. The predicted molar refractivity (Wildman–Crippen MR) is 171 cm³/mol. The maximum atomic E-state index is 14.2. The molecular formula is C32H39Cl2N3O4S. The number of carbonyl (C=O) groups is 2. The molecule has 0 spiro atoms. The molecule has 0 saturated heterocycles. The van der Waals surface area contributed by atoms with E-state index in [9.17, 15) is 18.0 Å². The monoisotopic (exact) mass is 631 g/mol. The van der Waals surface area contributed by atoms with Crippen molar-refractivity contribution in [3.8, 4) is 0 Å². The summed E-state index contributed by atoms with van der Waals surface area (Å²) >= 11 is 12.6. The molecule has 10 heteroatoms. The summed E-state index contributed by atoms with van der Waals surface area (Å²) in [6.07, 6.45) is 0.315. The third-order valence-electron chi connectivity index (χ3n) is 6.81. The average molecular weight is 633 g/mol. The normalized spacial score (nSPS) is 12.2. The van der Waals surface area contributed by atoms with Crippen molar-refractivity contribution in [2.24, 2.45) is 5.92 Å². The number of hydrogen-bond donors (Lipinski definition) is 1. The first-order valence-corrected chi connectivity index (χ1v) is 16.1. The molecule has 7 nitrogen and oxygen atoms in total. The van der Waals surface area contributed by atoms with Crippen LogP contribution in [0, 0.1) is 26.7 Å². The molecule has 0 aromatic heterocycles. The summed E-state index contributed by atoms with van der Waals surface area (Å²) in [6.45, 7) is 11.3. The van der Waals surface area contributed by atoms with Crippen molar-refractivity contribution in [3.05, 3.63) is 93.0 Å². The third kappa shape index (κ3) is 8.49. The van der Waals surface area contributed by atoms with Crippen molar-refractivity contribution in [3.63, 3.8) is 0 Å². The van der Waals surface area contributed by atoms with Crippen LogP contribution in [0.1, 0.15) is 49.4 Å². The zero-order valence-electron chi connectivity index (χ0n) is 24.9. The molecule has 0 fully saturated rings. The molecule has 1 N–H and O–H groups in total. The Balaban J connectivity index is 2.10. The van der Waals surface area contributed by atoms with Crippen LogP contribution in [0.3, 0.4) is 0 Å². The number of aryl methyl sites for hydroxylation is 3. The van der Waals surface area contributed by atoms with E-state index in [1.54, 1.807) is 42.5 Å². The molecule has 1 atom stereocenters. The van der Waals surface area contributed by atoms with Crippen molar-refractivity contribution in [2.75, 3.05) is 17.4 Å². The van der Waals surface area contributed by atoms with Crippen LogP contribution < -0.4 is 9.62 Å². The first kappa shape index (κ1) is 33.4. The molecule has 0 heterocycles. The highest BCUT2D eigenvalue weighted by Crippen LogP contribution is 2.28. The molecule has 0 aliphatic carbocycles. The number of halogens is 2. The van der Waals surface area contributed by atoms with E-state index in [4.69, 9.17) is 23.2 Å². The van der Waals surface area contributed by atoms with E-state index in [1.165, 1.54) is 17.0 Å². The van der Waals surface area contributed by atoms with E-state index in [1.807, 2.05) is 47.6 Å². The van der Waals surface area contributed by atoms with Gasteiger partial charge in [0.25, 0.3) is 10.0 Å². The Morgan fingerprint density at radius 1 is 0.881 bits per heavy atom. The van der Waals surface area contributed by atoms with Crippen LogP contribution in [-0.4, -0.2) is 44.3 Å². The van der Waals surface area contributed by atoms with Crippen molar-refractivity contribution in [1.82, 2.24) is 10.2 Å².